The first-order valence-electron chi connectivity index (χ1n) is 12.0. The van der Waals surface area contributed by atoms with Gasteiger partial charge < -0.3 is 9.47 Å². The first-order chi connectivity index (χ1) is 17.7. The van der Waals surface area contributed by atoms with Crippen LogP contribution in [0.4, 0.5) is 0 Å². The fourth-order valence-corrected chi connectivity index (χ4v) is 4.17. The molecule has 0 bridgehead atoms. The molecule has 37 heavy (non-hydrogen) atoms. The van der Waals surface area contributed by atoms with E-state index in [9.17, 15) is 9.59 Å². The number of fused-ring (bicyclic) bond motifs is 1. The molecule has 2 N–H and O–H groups in total. The minimum atomic E-state index is -1.08. The third-order valence-corrected chi connectivity index (χ3v) is 6.87. The van der Waals surface area contributed by atoms with Gasteiger partial charge in [0.15, 0.2) is 11.5 Å². The molecule has 0 spiro atoms. The first-order valence-corrected chi connectivity index (χ1v) is 13.1. The summed E-state index contributed by atoms with van der Waals surface area (Å²) in [5, 5.41) is 11.5. The van der Waals surface area contributed by atoms with Gasteiger partial charge in [-0.15, -0.1) is 0 Å². The van der Waals surface area contributed by atoms with Crippen LogP contribution in [0.2, 0.25) is 0 Å². The summed E-state index contributed by atoms with van der Waals surface area (Å²) in [6.07, 6.45) is 2.06. The molecule has 3 aromatic rings. The quantitative estimate of drug-likeness (QED) is 0.262. The summed E-state index contributed by atoms with van der Waals surface area (Å²) in [5.74, 6) is 0.584. The van der Waals surface area contributed by atoms with Crippen molar-refractivity contribution in [1.29, 1.82) is 0 Å². The molecule has 0 aliphatic carbocycles. The van der Waals surface area contributed by atoms with Crippen molar-refractivity contribution in [1.82, 2.24) is 10.3 Å². The average molecular weight is 564 g/mol. The Labute approximate surface area is 224 Å². The van der Waals surface area contributed by atoms with Crippen LogP contribution >= 0.6 is 0 Å². The zero-order chi connectivity index (χ0) is 26.4. The number of pyridine rings is 1. The van der Waals surface area contributed by atoms with Crippen molar-refractivity contribution in [3.8, 4) is 39.8 Å². The van der Waals surface area contributed by atoms with Gasteiger partial charge in [-0.25, -0.2) is 0 Å². The van der Waals surface area contributed by atoms with Crippen LogP contribution in [-0.4, -0.2) is 57.0 Å². The number of carbonyl (C=O) groups is 2. The number of amides is 1. The molecule has 192 valence electrons. The Balaban J connectivity index is 1.42. The molecule has 0 saturated heterocycles. The van der Waals surface area contributed by atoms with E-state index in [0.29, 0.717) is 24.7 Å². The number of hydrogen-bond acceptors (Lipinski definition) is 6. The predicted molar refractivity (Wildman–Crippen MR) is 140 cm³/mol. The number of hydrogen-bond donors (Lipinski definition) is 2. The Morgan fingerprint density at radius 1 is 1.03 bits per heavy atom. The maximum atomic E-state index is 12.4. The molecule has 1 aromatic heterocycles. The number of nitrogens with zero attached hydrogens (tertiary/aromatic N) is 1. The van der Waals surface area contributed by atoms with Gasteiger partial charge in [0.2, 0.25) is 6.79 Å². The molecule has 2 heterocycles. The molecule has 1 amide bonds. The number of aromatic nitrogens is 1. The van der Waals surface area contributed by atoms with Gasteiger partial charge >= 0.3 is 132 Å². The van der Waals surface area contributed by atoms with E-state index in [4.69, 9.17) is 24.3 Å². The summed E-state index contributed by atoms with van der Waals surface area (Å²) in [4.78, 5) is 27.2. The number of carboxylic acid groups (broad SMARTS) is 1. The van der Waals surface area contributed by atoms with Crippen LogP contribution in [0.5, 0.6) is 17.4 Å². The third kappa shape index (κ3) is 6.83. The van der Waals surface area contributed by atoms with Crippen LogP contribution in [0.15, 0.2) is 60.7 Å². The zero-order valence-electron chi connectivity index (χ0n) is 20.8. The Morgan fingerprint density at radius 3 is 2.54 bits per heavy atom. The molecule has 2 aromatic carbocycles. The fourth-order valence-electron chi connectivity index (χ4n) is 3.92. The van der Waals surface area contributed by atoms with Crippen molar-refractivity contribution < 1.29 is 28.9 Å². The molecule has 1 atom stereocenters. The van der Waals surface area contributed by atoms with Gasteiger partial charge in [-0.1, -0.05) is 36.4 Å². The summed E-state index contributed by atoms with van der Waals surface area (Å²) >= 11 is 1.95. The standard InChI is InChI=1S/C28H29AsN2O6/c1-28(2,27(34)31-25(29)26(32)33)12-6-7-13-35-24-16-20(14-21(30-24)18-8-4-3-5-9-18)19-10-11-22-23(15-19)37-17-36-22/h3-5,8-11,14-16,25H,6-7,12-13,17H2,1-2H3,(H,31,34)(H,32,33). The van der Waals surface area contributed by atoms with E-state index in [2.05, 4.69) is 5.32 Å². The second-order valence-corrected chi connectivity index (χ2v) is 10.5. The molecule has 1 unspecified atom stereocenters. The van der Waals surface area contributed by atoms with Gasteiger partial charge in [0.1, 0.15) is 0 Å². The molecule has 9 heteroatoms. The van der Waals surface area contributed by atoms with Crippen LogP contribution in [-0.2, 0) is 9.59 Å². The fraction of sp³-hybridized carbons (Fsp3) is 0.321. The first kappa shape index (κ1) is 26.5. The average Bonchev–Trinajstić information content (AvgIpc) is 3.36. The van der Waals surface area contributed by atoms with E-state index in [-0.39, 0.29) is 12.7 Å². The Kier molecular flexibility index (Phi) is 8.39. The van der Waals surface area contributed by atoms with E-state index in [0.717, 1.165) is 41.0 Å². The van der Waals surface area contributed by atoms with Crippen molar-refractivity contribution in [2.45, 2.75) is 37.9 Å². The zero-order valence-corrected chi connectivity index (χ0v) is 22.6. The molecule has 1 aliphatic heterocycles. The van der Waals surface area contributed by atoms with Gasteiger partial charge in [0, 0.05) is 5.56 Å². The summed E-state index contributed by atoms with van der Waals surface area (Å²) in [7, 11) is 0. The molecule has 2 radical (unpaired) electrons. The second-order valence-electron chi connectivity index (χ2n) is 9.42. The van der Waals surface area contributed by atoms with E-state index in [1.54, 1.807) is 0 Å². The molecule has 0 saturated carbocycles. The number of carboxylic acids is 1. The maximum absolute atomic E-state index is 12.4. The van der Waals surface area contributed by atoms with Crippen molar-refractivity contribution in [3.05, 3.63) is 60.7 Å². The number of aliphatic carboxylic acids is 1. The van der Waals surface area contributed by atoms with E-state index in [1.165, 1.54) is 0 Å². The third-order valence-electron chi connectivity index (χ3n) is 6.14. The van der Waals surface area contributed by atoms with E-state index >= 15 is 0 Å². The van der Waals surface area contributed by atoms with Gasteiger partial charge in [-0.3, -0.25) is 0 Å². The van der Waals surface area contributed by atoms with Crippen LogP contribution in [0, 0.1) is 5.41 Å². The number of carbonyl (C=O) groups excluding carboxylic acids is 1. The van der Waals surface area contributed by atoms with Crippen molar-refractivity contribution in [2.24, 2.45) is 5.41 Å². The predicted octanol–water partition coefficient (Wildman–Crippen LogP) is 4.42. The number of ether oxygens (including phenoxy) is 3. The van der Waals surface area contributed by atoms with E-state index < -0.39 is 16.2 Å². The molecule has 4 rings (SSSR count). The Bertz CT molecular complexity index is 1260. The number of unbranched alkanes of at least 4 members (excludes halogenated alkanes) is 1. The molecule has 1 aliphatic rings. The van der Waals surface area contributed by atoms with E-state index in [1.807, 2.05) is 91.4 Å². The van der Waals surface area contributed by atoms with Gasteiger partial charge in [-0.05, 0) is 23.8 Å². The molecular weight excluding hydrogens is 535 g/mol. The van der Waals surface area contributed by atoms with Crippen molar-refractivity contribution in [2.75, 3.05) is 13.4 Å². The normalized spacial score (nSPS) is 13.2. The van der Waals surface area contributed by atoms with Crippen LogP contribution < -0.4 is 19.5 Å². The summed E-state index contributed by atoms with van der Waals surface area (Å²) in [6.45, 7) is 4.28. The van der Waals surface area contributed by atoms with Gasteiger partial charge in [0.25, 0.3) is 0 Å². The number of nitrogens with one attached hydrogen (secondary N) is 1. The molecular formula is C28H29AsN2O6. The topological polar surface area (TPSA) is 107 Å². The summed E-state index contributed by atoms with van der Waals surface area (Å²) < 4.78 is 17.0. The Hall–Kier alpha value is -3.51. The SMILES string of the molecule is CC(C)(CCCCOc1cc(-c2ccc3c(c2)OCO3)cc(-c2ccccc2)n1)C(=O)NC([As])C(=O)O. The molecule has 8 nitrogen and oxygen atoms in total. The number of rotatable bonds is 11. The Morgan fingerprint density at radius 2 is 1.78 bits per heavy atom. The number of benzene rings is 2. The van der Waals surface area contributed by atoms with Crippen molar-refractivity contribution >= 4 is 28.7 Å². The van der Waals surface area contributed by atoms with Crippen LogP contribution in [0.25, 0.3) is 22.4 Å². The van der Waals surface area contributed by atoms with Crippen LogP contribution in [0.1, 0.15) is 33.1 Å². The van der Waals surface area contributed by atoms with Gasteiger partial charge in [-0.2, -0.15) is 0 Å². The second kappa shape index (κ2) is 11.7. The summed E-state index contributed by atoms with van der Waals surface area (Å²) in [6, 6.07) is 19.7. The monoisotopic (exact) mass is 564 g/mol. The van der Waals surface area contributed by atoms with Gasteiger partial charge in [0.05, 0.1) is 0 Å². The molecule has 0 fully saturated rings. The van der Waals surface area contributed by atoms with Crippen LogP contribution in [0.3, 0.4) is 0 Å². The van der Waals surface area contributed by atoms with Crippen molar-refractivity contribution in [3.63, 3.8) is 0 Å². The summed E-state index contributed by atoms with van der Waals surface area (Å²) in [5.41, 5.74) is 3.01. The minimum absolute atomic E-state index is 0.217.